The molecule has 0 aromatic carbocycles. The number of carbonyl (C=O) groups is 1. The maximum absolute atomic E-state index is 11.0. The number of methoxy groups -OCH3 is 1. The maximum atomic E-state index is 11.0. The summed E-state index contributed by atoms with van der Waals surface area (Å²) in [4.78, 5) is 11.0. The Labute approximate surface area is 95.5 Å². The molecular formula is C11H21BrO2. The van der Waals surface area contributed by atoms with Crippen LogP contribution in [0.4, 0.5) is 0 Å². The van der Waals surface area contributed by atoms with Gasteiger partial charge in [0.15, 0.2) is 0 Å². The molecule has 3 heteroatoms. The number of alkyl halides is 1. The van der Waals surface area contributed by atoms with Gasteiger partial charge in [0, 0.05) is 11.8 Å². The lowest BCUT2D eigenvalue weighted by molar-refractivity contribution is -0.141. The molecule has 0 radical (unpaired) electrons. The van der Waals surface area contributed by atoms with E-state index in [1.807, 2.05) is 0 Å². The number of carbonyl (C=O) groups excluding carboxylic acids is 1. The van der Waals surface area contributed by atoms with E-state index in [0.717, 1.165) is 11.8 Å². The van der Waals surface area contributed by atoms with Crippen molar-refractivity contribution in [3.8, 4) is 0 Å². The Kier molecular flexibility index (Phi) is 5.13. The van der Waals surface area contributed by atoms with E-state index in [9.17, 15) is 4.79 Å². The van der Waals surface area contributed by atoms with E-state index >= 15 is 0 Å². The van der Waals surface area contributed by atoms with Crippen LogP contribution in [0.1, 0.15) is 40.5 Å². The minimum atomic E-state index is -0.122. The van der Waals surface area contributed by atoms with E-state index < -0.39 is 0 Å². The summed E-state index contributed by atoms with van der Waals surface area (Å²) in [6.07, 6.45) is 1.36. The highest BCUT2D eigenvalue weighted by Crippen LogP contribution is 2.43. The summed E-state index contributed by atoms with van der Waals surface area (Å²) >= 11 is 3.51. The van der Waals surface area contributed by atoms with Gasteiger partial charge in [0.2, 0.25) is 0 Å². The van der Waals surface area contributed by atoms with Crippen LogP contribution in [0.25, 0.3) is 0 Å². The predicted octanol–water partition coefficient (Wildman–Crippen LogP) is 3.39. The van der Waals surface area contributed by atoms with Gasteiger partial charge in [-0.3, -0.25) is 4.79 Å². The molecule has 0 unspecified atom stereocenters. The minimum Gasteiger partial charge on any atom is -0.469 e. The first-order valence-corrected chi connectivity index (χ1v) is 6.02. The molecule has 0 aliphatic rings. The fourth-order valence-corrected chi connectivity index (χ4v) is 1.79. The molecule has 0 aromatic heterocycles. The van der Waals surface area contributed by atoms with Crippen LogP contribution in [-0.2, 0) is 9.53 Å². The van der Waals surface area contributed by atoms with Crippen molar-refractivity contribution in [3.05, 3.63) is 0 Å². The second-order valence-electron chi connectivity index (χ2n) is 4.98. The van der Waals surface area contributed by atoms with Crippen molar-refractivity contribution < 1.29 is 9.53 Å². The van der Waals surface area contributed by atoms with Gasteiger partial charge in [-0.25, -0.2) is 0 Å². The minimum absolute atomic E-state index is 0.122. The molecule has 0 rings (SSSR count). The molecule has 0 aromatic rings. The number of hydrogen-bond donors (Lipinski definition) is 0. The molecule has 0 saturated carbocycles. The standard InChI is InChI=1S/C11H21BrO2/c1-10(2,11(3,4)8-12)7-6-9(13)14-5/h6-8H2,1-5H3. The molecule has 0 fully saturated rings. The number of hydrogen-bond acceptors (Lipinski definition) is 2. The predicted molar refractivity (Wildman–Crippen MR) is 62.6 cm³/mol. The van der Waals surface area contributed by atoms with Crippen molar-refractivity contribution in [2.24, 2.45) is 10.8 Å². The van der Waals surface area contributed by atoms with Gasteiger partial charge >= 0.3 is 5.97 Å². The van der Waals surface area contributed by atoms with E-state index in [4.69, 9.17) is 0 Å². The zero-order valence-corrected chi connectivity index (χ0v) is 11.4. The molecule has 0 amide bonds. The van der Waals surface area contributed by atoms with Crippen molar-refractivity contribution in [3.63, 3.8) is 0 Å². The first-order chi connectivity index (χ1) is 6.27. The van der Waals surface area contributed by atoms with Crippen molar-refractivity contribution >= 4 is 21.9 Å². The topological polar surface area (TPSA) is 26.3 Å². The Morgan fingerprint density at radius 1 is 1.21 bits per heavy atom. The third-order valence-electron chi connectivity index (χ3n) is 3.35. The van der Waals surface area contributed by atoms with Gasteiger partial charge in [-0.2, -0.15) is 0 Å². The Bertz CT molecular complexity index is 197. The van der Waals surface area contributed by atoms with Crippen LogP contribution in [0.15, 0.2) is 0 Å². The molecule has 0 aliphatic carbocycles. The summed E-state index contributed by atoms with van der Waals surface area (Å²) in [5.74, 6) is -0.122. The number of rotatable bonds is 5. The van der Waals surface area contributed by atoms with Gasteiger partial charge in [0.1, 0.15) is 0 Å². The summed E-state index contributed by atoms with van der Waals surface area (Å²) in [5.41, 5.74) is 0.311. The van der Waals surface area contributed by atoms with Crippen LogP contribution in [-0.4, -0.2) is 18.4 Å². The molecule has 0 bridgehead atoms. The molecule has 0 saturated heterocycles. The number of ether oxygens (including phenoxy) is 1. The van der Waals surface area contributed by atoms with E-state index in [-0.39, 0.29) is 16.8 Å². The second kappa shape index (κ2) is 5.15. The van der Waals surface area contributed by atoms with Crippen LogP contribution in [0.5, 0.6) is 0 Å². The Morgan fingerprint density at radius 3 is 2.07 bits per heavy atom. The molecule has 14 heavy (non-hydrogen) atoms. The van der Waals surface area contributed by atoms with Crippen LogP contribution >= 0.6 is 15.9 Å². The third kappa shape index (κ3) is 3.60. The van der Waals surface area contributed by atoms with E-state index in [2.05, 4.69) is 48.4 Å². The quantitative estimate of drug-likeness (QED) is 0.562. The summed E-state index contributed by atoms with van der Waals surface area (Å²) < 4.78 is 4.64. The van der Waals surface area contributed by atoms with Gasteiger partial charge < -0.3 is 4.74 Å². The Hall–Kier alpha value is -0.0500. The molecule has 0 aliphatic heterocycles. The summed E-state index contributed by atoms with van der Waals surface area (Å²) in [7, 11) is 1.44. The van der Waals surface area contributed by atoms with E-state index in [1.165, 1.54) is 7.11 Å². The zero-order chi connectivity index (χ0) is 11.4. The van der Waals surface area contributed by atoms with Gasteiger partial charge in [-0.1, -0.05) is 43.6 Å². The summed E-state index contributed by atoms with van der Waals surface area (Å²) in [6, 6.07) is 0. The summed E-state index contributed by atoms with van der Waals surface area (Å²) in [5, 5.41) is 0.939. The maximum Gasteiger partial charge on any atom is 0.305 e. The number of esters is 1. The lowest BCUT2D eigenvalue weighted by Gasteiger charge is -2.40. The van der Waals surface area contributed by atoms with Crippen molar-refractivity contribution in [1.82, 2.24) is 0 Å². The SMILES string of the molecule is COC(=O)CCC(C)(C)C(C)(C)CBr. The normalized spacial score (nSPS) is 12.7. The second-order valence-corrected chi connectivity index (χ2v) is 5.54. The van der Waals surface area contributed by atoms with Gasteiger partial charge in [-0.15, -0.1) is 0 Å². The lowest BCUT2D eigenvalue weighted by Crippen LogP contribution is -2.34. The zero-order valence-electron chi connectivity index (χ0n) is 9.82. The fourth-order valence-electron chi connectivity index (χ4n) is 1.04. The lowest BCUT2D eigenvalue weighted by atomic mass is 9.67. The van der Waals surface area contributed by atoms with Crippen LogP contribution in [0.2, 0.25) is 0 Å². The monoisotopic (exact) mass is 264 g/mol. The largest absolute Gasteiger partial charge is 0.469 e. The Morgan fingerprint density at radius 2 is 1.71 bits per heavy atom. The molecular weight excluding hydrogens is 244 g/mol. The molecule has 0 heterocycles. The van der Waals surface area contributed by atoms with E-state index in [0.29, 0.717) is 6.42 Å². The smallest absolute Gasteiger partial charge is 0.305 e. The Balaban J connectivity index is 4.27. The van der Waals surface area contributed by atoms with Crippen molar-refractivity contribution in [2.75, 3.05) is 12.4 Å². The average molecular weight is 265 g/mol. The van der Waals surface area contributed by atoms with Gasteiger partial charge in [0.25, 0.3) is 0 Å². The summed E-state index contributed by atoms with van der Waals surface area (Å²) in [6.45, 7) is 8.80. The van der Waals surface area contributed by atoms with Crippen molar-refractivity contribution in [1.29, 1.82) is 0 Å². The first-order valence-electron chi connectivity index (χ1n) is 4.89. The first kappa shape index (κ1) is 13.9. The van der Waals surface area contributed by atoms with Gasteiger partial charge in [0.05, 0.1) is 7.11 Å². The van der Waals surface area contributed by atoms with Crippen molar-refractivity contribution in [2.45, 2.75) is 40.5 Å². The third-order valence-corrected chi connectivity index (χ3v) is 4.75. The molecule has 2 nitrogen and oxygen atoms in total. The molecule has 84 valence electrons. The van der Waals surface area contributed by atoms with E-state index in [1.54, 1.807) is 0 Å². The number of halogens is 1. The highest BCUT2D eigenvalue weighted by Gasteiger charge is 2.35. The fraction of sp³-hybridized carbons (Fsp3) is 0.909. The van der Waals surface area contributed by atoms with Crippen LogP contribution < -0.4 is 0 Å². The average Bonchev–Trinajstić information content (AvgIpc) is 2.13. The molecule has 0 N–H and O–H groups in total. The highest BCUT2D eigenvalue weighted by atomic mass is 79.9. The highest BCUT2D eigenvalue weighted by molar-refractivity contribution is 9.09. The van der Waals surface area contributed by atoms with Gasteiger partial charge in [-0.05, 0) is 17.3 Å². The molecule has 0 atom stereocenters. The van der Waals surface area contributed by atoms with Crippen LogP contribution in [0.3, 0.4) is 0 Å². The molecule has 0 spiro atoms. The van der Waals surface area contributed by atoms with Crippen LogP contribution in [0, 0.1) is 10.8 Å².